The van der Waals surface area contributed by atoms with Crippen molar-refractivity contribution >= 4 is 5.57 Å². The lowest BCUT2D eigenvalue weighted by Crippen LogP contribution is -2.15. The van der Waals surface area contributed by atoms with Crippen molar-refractivity contribution in [1.82, 2.24) is 9.97 Å². The van der Waals surface area contributed by atoms with Gasteiger partial charge in [0, 0.05) is 34.2 Å². The molecule has 3 heterocycles. The number of pyridine rings is 2. The van der Waals surface area contributed by atoms with Gasteiger partial charge in [-0.25, -0.2) is 4.98 Å². The fourth-order valence-corrected chi connectivity index (χ4v) is 6.55. The van der Waals surface area contributed by atoms with Gasteiger partial charge in [-0.3, -0.25) is 4.98 Å². The Labute approximate surface area is 222 Å². The molecule has 3 aliphatic rings. The van der Waals surface area contributed by atoms with Gasteiger partial charge < -0.3 is 4.74 Å². The van der Waals surface area contributed by atoms with Gasteiger partial charge in [-0.05, 0) is 46.0 Å². The molecule has 2 aromatic heterocycles. The summed E-state index contributed by atoms with van der Waals surface area (Å²) in [6.45, 7) is 4.51. The third-order valence-electron chi connectivity index (χ3n) is 8.53. The van der Waals surface area contributed by atoms with Crippen LogP contribution in [-0.4, -0.2) is 9.97 Å². The molecule has 0 spiro atoms. The molecule has 5 aromatic rings. The molecule has 8 rings (SSSR count). The second-order valence-corrected chi connectivity index (χ2v) is 11.0. The number of rotatable bonds is 2. The topological polar surface area (TPSA) is 35.0 Å². The third kappa shape index (κ3) is 2.96. The fourth-order valence-electron chi connectivity index (χ4n) is 6.55. The number of hydrogen-bond acceptors (Lipinski definition) is 3. The van der Waals surface area contributed by atoms with E-state index >= 15 is 0 Å². The summed E-state index contributed by atoms with van der Waals surface area (Å²) in [5, 5.41) is 0. The first-order valence-electron chi connectivity index (χ1n) is 13.2. The van der Waals surface area contributed by atoms with Crippen LogP contribution < -0.4 is 4.74 Å². The van der Waals surface area contributed by atoms with Crippen LogP contribution in [0.3, 0.4) is 0 Å². The molecule has 2 unspecified atom stereocenters. The van der Waals surface area contributed by atoms with Crippen LogP contribution in [0.1, 0.15) is 59.3 Å². The molecular formula is C35H26N2O. The molecule has 3 heteroatoms. The summed E-state index contributed by atoms with van der Waals surface area (Å²) in [5.74, 6) is 1.21. The van der Waals surface area contributed by atoms with Crippen molar-refractivity contribution in [2.24, 2.45) is 0 Å². The van der Waals surface area contributed by atoms with E-state index in [2.05, 4.69) is 110 Å². The highest BCUT2D eigenvalue weighted by molar-refractivity contribution is 5.85. The van der Waals surface area contributed by atoms with Gasteiger partial charge in [0.25, 0.3) is 0 Å². The van der Waals surface area contributed by atoms with Gasteiger partial charge in [-0.15, -0.1) is 0 Å². The Morgan fingerprint density at radius 1 is 0.684 bits per heavy atom. The minimum Gasteiger partial charge on any atom is -0.484 e. The summed E-state index contributed by atoms with van der Waals surface area (Å²) < 4.78 is 6.42. The molecule has 2 atom stereocenters. The Morgan fingerprint density at radius 3 is 2.29 bits per heavy atom. The van der Waals surface area contributed by atoms with Gasteiger partial charge in [0.05, 0.1) is 17.1 Å². The molecule has 0 bridgehead atoms. The quantitative estimate of drug-likeness (QED) is 0.251. The summed E-state index contributed by atoms with van der Waals surface area (Å²) in [6, 6.07) is 34.5. The van der Waals surface area contributed by atoms with Crippen molar-refractivity contribution < 1.29 is 4.74 Å². The lowest BCUT2D eigenvalue weighted by Gasteiger charge is -2.27. The molecule has 3 nitrogen and oxygen atoms in total. The highest BCUT2D eigenvalue weighted by Gasteiger charge is 2.39. The van der Waals surface area contributed by atoms with Gasteiger partial charge in [-0.1, -0.05) is 98.8 Å². The zero-order valence-corrected chi connectivity index (χ0v) is 21.3. The maximum atomic E-state index is 6.42. The predicted molar refractivity (Wildman–Crippen MR) is 151 cm³/mol. The van der Waals surface area contributed by atoms with Gasteiger partial charge >= 0.3 is 0 Å². The van der Waals surface area contributed by atoms with E-state index in [0.717, 1.165) is 28.4 Å². The van der Waals surface area contributed by atoms with Gasteiger partial charge in [0.1, 0.15) is 11.9 Å². The van der Waals surface area contributed by atoms with Crippen LogP contribution in [0.4, 0.5) is 0 Å². The maximum absolute atomic E-state index is 6.42. The van der Waals surface area contributed by atoms with Crippen LogP contribution in [0.2, 0.25) is 0 Å². The minimum atomic E-state index is -0.0877. The summed E-state index contributed by atoms with van der Waals surface area (Å²) in [6.07, 6.45) is 4.29. The Morgan fingerprint density at radius 2 is 1.42 bits per heavy atom. The molecule has 0 fully saturated rings. The van der Waals surface area contributed by atoms with E-state index in [9.17, 15) is 0 Å². The first-order valence-corrected chi connectivity index (χ1v) is 13.2. The summed E-state index contributed by atoms with van der Waals surface area (Å²) in [7, 11) is 0. The molecule has 0 saturated carbocycles. The van der Waals surface area contributed by atoms with Gasteiger partial charge in [-0.2, -0.15) is 0 Å². The van der Waals surface area contributed by atoms with Crippen molar-refractivity contribution in [2.45, 2.75) is 31.3 Å². The number of hydrogen-bond donors (Lipinski definition) is 0. The minimum absolute atomic E-state index is 0.0305. The highest BCUT2D eigenvalue weighted by atomic mass is 16.5. The van der Waals surface area contributed by atoms with E-state index in [1.165, 1.54) is 39.0 Å². The van der Waals surface area contributed by atoms with Crippen molar-refractivity contribution in [3.63, 3.8) is 0 Å². The maximum Gasteiger partial charge on any atom is 0.135 e. The standard InChI is InChI=1S/C35H26N2O/c1-35(2)28-11-7-19-36-32(28)33-29(35)17-18-30(37-33)22-15-13-21(14-16-22)26-20-27-24-9-5-6-12-31(24)38-34(27)25-10-4-3-8-23(25)26/h3-20,27,34H,1-2H3. The highest BCUT2D eigenvalue weighted by Crippen LogP contribution is 2.53. The van der Waals surface area contributed by atoms with Crippen molar-refractivity contribution in [2.75, 3.05) is 0 Å². The van der Waals surface area contributed by atoms with Crippen LogP contribution in [0.5, 0.6) is 5.75 Å². The molecule has 1 aliphatic heterocycles. The van der Waals surface area contributed by atoms with Crippen molar-refractivity contribution in [3.8, 4) is 28.4 Å². The zero-order valence-electron chi connectivity index (χ0n) is 21.3. The van der Waals surface area contributed by atoms with E-state index in [1.54, 1.807) is 0 Å². The van der Waals surface area contributed by atoms with Crippen LogP contribution in [0.15, 0.2) is 109 Å². The summed E-state index contributed by atoms with van der Waals surface area (Å²) >= 11 is 0. The van der Waals surface area contributed by atoms with Gasteiger partial charge in [0.15, 0.2) is 0 Å². The largest absolute Gasteiger partial charge is 0.484 e. The van der Waals surface area contributed by atoms with E-state index in [0.29, 0.717) is 0 Å². The zero-order chi connectivity index (χ0) is 25.4. The monoisotopic (exact) mass is 490 g/mol. The molecule has 182 valence electrons. The first-order chi connectivity index (χ1) is 18.6. The van der Waals surface area contributed by atoms with E-state index < -0.39 is 0 Å². The Hall–Kier alpha value is -4.50. The number of nitrogens with zero attached hydrogens (tertiary/aromatic N) is 2. The lowest BCUT2D eigenvalue weighted by atomic mass is 9.78. The third-order valence-corrected chi connectivity index (χ3v) is 8.53. The normalized spacial score (nSPS) is 19.4. The molecule has 2 aliphatic carbocycles. The summed E-state index contributed by atoms with van der Waals surface area (Å²) in [5.41, 5.74) is 12.7. The molecule has 0 amide bonds. The predicted octanol–water partition coefficient (Wildman–Crippen LogP) is 8.11. The van der Waals surface area contributed by atoms with Crippen molar-refractivity contribution in [1.29, 1.82) is 0 Å². The number of ether oxygens (including phenoxy) is 1. The lowest BCUT2D eigenvalue weighted by molar-refractivity contribution is 0.223. The fraction of sp³-hybridized carbons (Fsp3) is 0.143. The van der Waals surface area contributed by atoms with Crippen LogP contribution in [0.25, 0.3) is 28.2 Å². The Bertz CT molecular complexity index is 1780. The van der Waals surface area contributed by atoms with Crippen molar-refractivity contribution in [3.05, 3.63) is 143 Å². The molecular weight excluding hydrogens is 464 g/mol. The molecule has 38 heavy (non-hydrogen) atoms. The number of aromatic nitrogens is 2. The van der Waals surface area contributed by atoms with E-state index in [1.807, 2.05) is 18.3 Å². The molecule has 0 radical (unpaired) electrons. The first kappa shape index (κ1) is 21.6. The number of fused-ring (bicyclic) bond motifs is 8. The van der Waals surface area contributed by atoms with Crippen LogP contribution in [0, 0.1) is 0 Å². The average Bonchev–Trinajstić information content (AvgIpc) is 3.45. The SMILES string of the molecule is CC1(C)c2cccnc2-c2nc(-c3ccc(C4=CC5c6ccccc6OC5c5ccccc54)cc3)ccc21. The molecule has 0 saturated heterocycles. The number of para-hydroxylation sites is 1. The Kier molecular flexibility index (Phi) is 4.40. The van der Waals surface area contributed by atoms with E-state index in [-0.39, 0.29) is 17.4 Å². The summed E-state index contributed by atoms with van der Waals surface area (Å²) in [4.78, 5) is 9.80. The second kappa shape index (κ2) is 7.75. The average molecular weight is 491 g/mol. The Balaban J connectivity index is 1.19. The van der Waals surface area contributed by atoms with Gasteiger partial charge in [0.2, 0.25) is 0 Å². The smallest absolute Gasteiger partial charge is 0.135 e. The number of benzene rings is 3. The van der Waals surface area contributed by atoms with Crippen LogP contribution in [-0.2, 0) is 5.41 Å². The molecule has 3 aromatic carbocycles. The second-order valence-electron chi connectivity index (χ2n) is 11.0. The molecule has 0 N–H and O–H groups in total. The van der Waals surface area contributed by atoms with E-state index in [4.69, 9.17) is 9.72 Å². The van der Waals surface area contributed by atoms with Crippen LogP contribution >= 0.6 is 0 Å².